The number of aryl methyl sites for hydroxylation is 1. The van der Waals surface area contributed by atoms with E-state index in [9.17, 15) is 0 Å². The third-order valence-corrected chi connectivity index (χ3v) is 4.27. The summed E-state index contributed by atoms with van der Waals surface area (Å²) < 4.78 is 8.04. The molecule has 0 aliphatic carbocycles. The van der Waals surface area contributed by atoms with Crippen molar-refractivity contribution >= 4 is 33.1 Å². The quantitative estimate of drug-likeness (QED) is 0.873. The molecule has 1 aromatic carbocycles. The lowest BCUT2D eigenvalue weighted by Crippen LogP contribution is -2.14. The number of ether oxygens (including phenoxy) is 1. The van der Waals surface area contributed by atoms with Gasteiger partial charge in [-0.1, -0.05) is 12.2 Å². The lowest BCUT2D eigenvalue weighted by Gasteiger charge is -2.12. The molecular weight excluding hydrogens is 326 g/mol. The van der Waals surface area contributed by atoms with Crippen molar-refractivity contribution in [2.24, 2.45) is 5.73 Å². The first-order valence-corrected chi connectivity index (χ1v) is 6.85. The zero-order valence-corrected chi connectivity index (χ0v) is 13.3. The van der Waals surface area contributed by atoms with Crippen LogP contribution in [0.3, 0.4) is 0 Å². The number of aromatic nitrogens is 2. The normalized spacial score (nSPS) is 10.5. The molecule has 0 atom stereocenters. The predicted molar refractivity (Wildman–Crippen MR) is 83.2 cm³/mol. The Morgan fingerprint density at radius 1 is 1.42 bits per heavy atom. The van der Waals surface area contributed by atoms with Crippen molar-refractivity contribution in [3.05, 3.63) is 39.6 Å². The van der Waals surface area contributed by atoms with Crippen LogP contribution in [0.25, 0.3) is 5.69 Å². The summed E-state index contributed by atoms with van der Waals surface area (Å²) >= 11 is 8.61. The van der Waals surface area contributed by atoms with Gasteiger partial charge in [0.15, 0.2) is 0 Å². The van der Waals surface area contributed by atoms with E-state index in [1.807, 2.05) is 36.7 Å². The van der Waals surface area contributed by atoms with E-state index >= 15 is 0 Å². The van der Waals surface area contributed by atoms with Crippen molar-refractivity contribution in [1.29, 1.82) is 0 Å². The Bertz CT molecular complexity index is 652. The highest BCUT2D eigenvalue weighted by Gasteiger charge is 2.15. The Hall–Kier alpha value is -1.40. The Morgan fingerprint density at radius 2 is 2.11 bits per heavy atom. The van der Waals surface area contributed by atoms with Crippen LogP contribution in [-0.4, -0.2) is 21.9 Å². The van der Waals surface area contributed by atoms with Gasteiger partial charge in [-0.15, -0.1) is 0 Å². The first-order chi connectivity index (χ1) is 8.95. The highest BCUT2D eigenvalue weighted by Crippen LogP contribution is 2.27. The van der Waals surface area contributed by atoms with E-state index in [1.54, 1.807) is 7.11 Å². The second-order valence-electron chi connectivity index (χ2n) is 4.14. The standard InChI is InChI=1S/C13H14BrN3OS/c1-7-12(14)8(2)17(16-7)11-6-9(18-3)4-5-10(11)13(15)19/h4-6H,1-3H3,(H2,15,19). The molecule has 1 heterocycles. The van der Waals surface area contributed by atoms with Gasteiger partial charge in [-0.25, -0.2) is 4.68 Å². The Morgan fingerprint density at radius 3 is 2.58 bits per heavy atom. The predicted octanol–water partition coefficient (Wildman–Crippen LogP) is 2.89. The molecule has 0 saturated heterocycles. The number of hydrogen-bond donors (Lipinski definition) is 1. The fourth-order valence-electron chi connectivity index (χ4n) is 1.88. The van der Waals surface area contributed by atoms with Crippen molar-refractivity contribution < 1.29 is 4.74 Å². The molecule has 0 unspecified atom stereocenters. The SMILES string of the molecule is COc1ccc(C(N)=S)c(-n2nc(C)c(Br)c2C)c1. The van der Waals surface area contributed by atoms with Gasteiger partial charge in [-0.05, 0) is 41.9 Å². The summed E-state index contributed by atoms with van der Waals surface area (Å²) in [5.41, 5.74) is 9.27. The van der Waals surface area contributed by atoms with Crippen LogP contribution >= 0.6 is 28.1 Å². The molecule has 0 saturated carbocycles. The molecule has 2 aromatic rings. The van der Waals surface area contributed by atoms with Gasteiger partial charge in [0.2, 0.25) is 0 Å². The molecule has 2 rings (SSSR count). The number of nitrogens with two attached hydrogens (primary N) is 1. The molecule has 2 N–H and O–H groups in total. The minimum absolute atomic E-state index is 0.335. The van der Waals surface area contributed by atoms with Gasteiger partial charge in [-0.2, -0.15) is 5.10 Å². The van der Waals surface area contributed by atoms with Crippen LogP contribution in [0.15, 0.2) is 22.7 Å². The van der Waals surface area contributed by atoms with Crippen LogP contribution in [0.1, 0.15) is 17.0 Å². The number of rotatable bonds is 3. The van der Waals surface area contributed by atoms with Crippen LogP contribution in [0.2, 0.25) is 0 Å². The van der Waals surface area contributed by atoms with Crippen molar-refractivity contribution in [3.8, 4) is 11.4 Å². The highest BCUT2D eigenvalue weighted by molar-refractivity contribution is 9.10. The largest absolute Gasteiger partial charge is 0.497 e. The van der Waals surface area contributed by atoms with E-state index in [1.165, 1.54) is 0 Å². The third-order valence-electron chi connectivity index (χ3n) is 2.90. The van der Waals surface area contributed by atoms with Crippen molar-refractivity contribution in [1.82, 2.24) is 9.78 Å². The third kappa shape index (κ3) is 2.50. The zero-order valence-electron chi connectivity index (χ0n) is 10.9. The highest BCUT2D eigenvalue weighted by atomic mass is 79.9. The smallest absolute Gasteiger partial charge is 0.121 e. The molecule has 1 aromatic heterocycles. The first kappa shape index (κ1) is 14.0. The number of methoxy groups -OCH3 is 1. The monoisotopic (exact) mass is 339 g/mol. The molecule has 0 fully saturated rings. The maximum atomic E-state index is 5.78. The minimum Gasteiger partial charge on any atom is -0.497 e. The average Bonchev–Trinajstić information content (AvgIpc) is 2.65. The summed E-state index contributed by atoms with van der Waals surface area (Å²) in [7, 11) is 1.62. The number of benzene rings is 1. The molecule has 0 bridgehead atoms. The molecule has 19 heavy (non-hydrogen) atoms. The van der Waals surface area contributed by atoms with Crippen LogP contribution < -0.4 is 10.5 Å². The number of hydrogen-bond acceptors (Lipinski definition) is 3. The van der Waals surface area contributed by atoms with Crippen molar-refractivity contribution in [2.45, 2.75) is 13.8 Å². The van der Waals surface area contributed by atoms with E-state index in [2.05, 4.69) is 21.0 Å². The number of nitrogens with zero attached hydrogens (tertiary/aromatic N) is 2. The Kier molecular flexibility index (Phi) is 3.91. The Balaban J connectivity index is 2.71. The first-order valence-electron chi connectivity index (χ1n) is 5.65. The van der Waals surface area contributed by atoms with E-state index in [0.29, 0.717) is 4.99 Å². The van der Waals surface area contributed by atoms with Crippen LogP contribution in [0, 0.1) is 13.8 Å². The molecule has 0 aliphatic rings. The second-order valence-corrected chi connectivity index (χ2v) is 5.38. The molecule has 100 valence electrons. The van der Waals surface area contributed by atoms with E-state index in [4.69, 9.17) is 22.7 Å². The van der Waals surface area contributed by atoms with Gasteiger partial charge in [0.1, 0.15) is 10.7 Å². The maximum Gasteiger partial charge on any atom is 0.121 e. The number of thiocarbonyl (C=S) groups is 1. The van der Waals surface area contributed by atoms with Crippen LogP contribution in [-0.2, 0) is 0 Å². The van der Waals surface area contributed by atoms with Gasteiger partial charge in [-0.3, -0.25) is 0 Å². The van der Waals surface area contributed by atoms with Crippen molar-refractivity contribution in [2.75, 3.05) is 7.11 Å². The fraction of sp³-hybridized carbons (Fsp3) is 0.231. The molecule has 0 aliphatic heterocycles. The molecule has 0 amide bonds. The Labute approximate surface area is 125 Å². The van der Waals surface area contributed by atoms with Crippen LogP contribution in [0.5, 0.6) is 5.75 Å². The van der Waals surface area contributed by atoms with E-state index in [0.717, 1.165) is 32.9 Å². The van der Waals surface area contributed by atoms with E-state index < -0.39 is 0 Å². The van der Waals surface area contributed by atoms with Crippen molar-refractivity contribution in [3.63, 3.8) is 0 Å². The molecule has 6 heteroatoms. The summed E-state index contributed by atoms with van der Waals surface area (Å²) in [6.07, 6.45) is 0. The minimum atomic E-state index is 0.335. The topological polar surface area (TPSA) is 53.1 Å². The van der Waals surface area contributed by atoms with Gasteiger partial charge in [0.05, 0.1) is 28.7 Å². The molecule has 0 radical (unpaired) electrons. The van der Waals surface area contributed by atoms with Crippen LogP contribution in [0.4, 0.5) is 0 Å². The number of halogens is 1. The zero-order chi connectivity index (χ0) is 14.2. The van der Waals surface area contributed by atoms with Gasteiger partial charge < -0.3 is 10.5 Å². The van der Waals surface area contributed by atoms with Gasteiger partial charge >= 0.3 is 0 Å². The molecule has 4 nitrogen and oxygen atoms in total. The lowest BCUT2D eigenvalue weighted by atomic mass is 10.1. The fourth-order valence-corrected chi connectivity index (χ4v) is 2.30. The summed E-state index contributed by atoms with van der Waals surface area (Å²) in [6.45, 7) is 3.92. The summed E-state index contributed by atoms with van der Waals surface area (Å²) in [5, 5.41) is 4.50. The van der Waals surface area contributed by atoms with E-state index in [-0.39, 0.29) is 0 Å². The maximum absolute atomic E-state index is 5.78. The van der Waals surface area contributed by atoms with Gasteiger partial charge in [0.25, 0.3) is 0 Å². The second kappa shape index (κ2) is 5.30. The summed E-state index contributed by atoms with van der Waals surface area (Å²) in [5.74, 6) is 0.735. The average molecular weight is 340 g/mol. The summed E-state index contributed by atoms with van der Waals surface area (Å²) in [4.78, 5) is 0.335. The molecule has 0 spiro atoms. The summed E-state index contributed by atoms with van der Waals surface area (Å²) in [6, 6.07) is 5.56. The van der Waals surface area contributed by atoms with Gasteiger partial charge in [0, 0.05) is 11.6 Å². The molecular formula is C13H14BrN3OS. The lowest BCUT2D eigenvalue weighted by molar-refractivity contribution is 0.414.